The van der Waals surface area contributed by atoms with Gasteiger partial charge < -0.3 is 20.3 Å². The Morgan fingerprint density at radius 1 is 0.424 bits per heavy atom. The molecule has 2 unspecified atom stereocenters. The molecule has 6 heteroatoms. The van der Waals surface area contributed by atoms with Crippen LogP contribution in [0, 0.1) is 0 Å². The van der Waals surface area contributed by atoms with E-state index in [9.17, 15) is 19.8 Å². The van der Waals surface area contributed by atoms with Gasteiger partial charge >= 0.3 is 5.97 Å². The Morgan fingerprint density at radius 3 is 1.21 bits per heavy atom. The van der Waals surface area contributed by atoms with Crippen LogP contribution in [0.5, 0.6) is 0 Å². The first-order chi connectivity index (χ1) is 32.5. The molecular weight excluding hydrogens is 815 g/mol. The average Bonchev–Trinajstić information content (AvgIpc) is 3.32. The number of carbonyl (C=O) groups excluding carboxylic acids is 2. The molecule has 6 nitrogen and oxygen atoms in total. The molecule has 0 aromatic rings. The summed E-state index contributed by atoms with van der Waals surface area (Å²) in [4.78, 5) is 24.4. The quantitative estimate of drug-likeness (QED) is 0.0321. The van der Waals surface area contributed by atoms with Crippen LogP contribution >= 0.6 is 0 Å². The molecule has 0 saturated heterocycles. The standard InChI is InChI=1S/C60H113NO5/c1-3-5-7-9-11-13-14-15-31-34-38-42-46-50-54-60(65)66-55-51-47-43-39-35-32-29-27-25-23-21-19-17-16-18-20-22-24-26-28-30-33-37-41-45-49-53-59(64)61-57(56-62)58(63)52-48-44-40-36-12-10-8-6-4-2/h9,11,14-16,18,57-58,62-63H,3-8,10,12-13,17,19-56H2,1-2H3,(H,61,64)/b11-9-,15-14-,18-16-. The van der Waals surface area contributed by atoms with Gasteiger partial charge in [0.15, 0.2) is 0 Å². The first-order valence-electron chi connectivity index (χ1n) is 29.2. The zero-order valence-corrected chi connectivity index (χ0v) is 44.2. The van der Waals surface area contributed by atoms with E-state index in [2.05, 4.69) is 55.6 Å². The molecule has 0 saturated carbocycles. The Kier molecular flexibility index (Phi) is 54.1. The summed E-state index contributed by atoms with van der Waals surface area (Å²) in [6.07, 6.45) is 68.7. The van der Waals surface area contributed by atoms with E-state index in [4.69, 9.17) is 4.74 Å². The van der Waals surface area contributed by atoms with Crippen molar-refractivity contribution >= 4 is 11.9 Å². The summed E-state index contributed by atoms with van der Waals surface area (Å²) >= 11 is 0. The van der Waals surface area contributed by atoms with Crippen molar-refractivity contribution < 1.29 is 24.5 Å². The molecule has 3 N–H and O–H groups in total. The summed E-state index contributed by atoms with van der Waals surface area (Å²) in [5.41, 5.74) is 0. The number of esters is 1. The maximum atomic E-state index is 12.4. The lowest BCUT2D eigenvalue weighted by molar-refractivity contribution is -0.143. The number of carbonyl (C=O) groups is 2. The van der Waals surface area contributed by atoms with Gasteiger partial charge in [-0.05, 0) is 77.0 Å². The number of rotatable bonds is 54. The fourth-order valence-corrected chi connectivity index (χ4v) is 8.89. The number of hydrogen-bond donors (Lipinski definition) is 3. The number of amides is 1. The fraction of sp³-hybridized carbons (Fsp3) is 0.867. The number of aliphatic hydroxyl groups is 2. The number of unbranched alkanes of at least 4 members (excludes halogenated alkanes) is 37. The molecule has 0 fully saturated rings. The smallest absolute Gasteiger partial charge is 0.305 e. The Bertz CT molecular complexity index is 1070. The van der Waals surface area contributed by atoms with E-state index in [1.54, 1.807) is 0 Å². The van der Waals surface area contributed by atoms with Crippen LogP contribution in [0.1, 0.15) is 309 Å². The zero-order chi connectivity index (χ0) is 47.9. The van der Waals surface area contributed by atoms with Crippen LogP contribution in [0.25, 0.3) is 0 Å². The third-order valence-corrected chi connectivity index (χ3v) is 13.4. The van der Waals surface area contributed by atoms with E-state index in [0.717, 1.165) is 51.4 Å². The third kappa shape index (κ3) is 51.5. The van der Waals surface area contributed by atoms with Crippen molar-refractivity contribution in [3.8, 4) is 0 Å². The van der Waals surface area contributed by atoms with E-state index in [1.165, 1.54) is 225 Å². The van der Waals surface area contributed by atoms with Crippen LogP contribution in [-0.4, -0.2) is 47.4 Å². The minimum Gasteiger partial charge on any atom is -0.466 e. The number of ether oxygens (including phenoxy) is 1. The van der Waals surface area contributed by atoms with Crippen molar-refractivity contribution in [2.75, 3.05) is 13.2 Å². The molecule has 388 valence electrons. The van der Waals surface area contributed by atoms with Crippen molar-refractivity contribution in [1.29, 1.82) is 0 Å². The maximum absolute atomic E-state index is 12.4. The summed E-state index contributed by atoms with van der Waals surface area (Å²) in [5.74, 6) is -0.0400. The number of allylic oxidation sites excluding steroid dienone is 6. The topological polar surface area (TPSA) is 95.9 Å². The van der Waals surface area contributed by atoms with Crippen molar-refractivity contribution in [3.05, 3.63) is 36.5 Å². The van der Waals surface area contributed by atoms with E-state index >= 15 is 0 Å². The molecule has 66 heavy (non-hydrogen) atoms. The van der Waals surface area contributed by atoms with Crippen LogP contribution in [0.15, 0.2) is 36.5 Å². The normalized spacial score (nSPS) is 12.8. The Labute approximate surface area is 411 Å². The van der Waals surface area contributed by atoms with Gasteiger partial charge in [0.05, 0.1) is 25.4 Å². The molecule has 0 aliphatic rings. The highest BCUT2D eigenvalue weighted by molar-refractivity contribution is 5.76. The summed E-state index contributed by atoms with van der Waals surface area (Å²) < 4.78 is 5.47. The van der Waals surface area contributed by atoms with E-state index in [-0.39, 0.29) is 18.5 Å². The van der Waals surface area contributed by atoms with Gasteiger partial charge in [-0.1, -0.05) is 256 Å². The Hall–Kier alpha value is -1.92. The fourth-order valence-electron chi connectivity index (χ4n) is 8.89. The van der Waals surface area contributed by atoms with Crippen molar-refractivity contribution in [2.24, 2.45) is 0 Å². The molecule has 0 aromatic heterocycles. The Morgan fingerprint density at radius 2 is 0.773 bits per heavy atom. The second-order valence-corrected chi connectivity index (χ2v) is 20.0. The van der Waals surface area contributed by atoms with Gasteiger partial charge in [-0.3, -0.25) is 9.59 Å². The van der Waals surface area contributed by atoms with Crippen LogP contribution in [-0.2, 0) is 14.3 Å². The minimum atomic E-state index is -0.663. The molecular formula is C60H113NO5. The lowest BCUT2D eigenvalue weighted by atomic mass is 10.0. The first-order valence-corrected chi connectivity index (χ1v) is 29.2. The third-order valence-electron chi connectivity index (χ3n) is 13.4. The van der Waals surface area contributed by atoms with Crippen LogP contribution < -0.4 is 5.32 Å². The van der Waals surface area contributed by atoms with Gasteiger partial charge in [-0.25, -0.2) is 0 Å². The summed E-state index contributed by atoms with van der Waals surface area (Å²) in [5, 5.41) is 23.1. The number of aliphatic hydroxyl groups excluding tert-OH is 2. The monoisotopic (exact) mass is 928 g/mol. The SMILES string of the molecule is CCCC/C=C\C/C=C\CCCCCCCC(=O)OCCCCCCCCCCCCCC/C=C\CCCCCCCCCCCCC(=O)NC(CO)C(O)CCCCCCCCCCC. The summed E-state index contributed by atoms with van der Waals surface area (Å²) in [7, 11) is 0. The average molecular weight is 929 g/mol. The second-order valence-electron chi connectivity index (χ2n) is 20.0. The molecule has 0 aliphatic heterocycles. The predicted molar refractivity (Wildman–Crippen MR) is 287 cm³/mol. The molecule has 0 aliphatic carbocycles. The number of hydrogen-bond acceptors (Lipinski definition) is 5. The maximum Gasteiger partial charge on any atom is 0.305 e. The van der Waals surface area contributed by atoms with Gasteiger partial charge in [0.1, 0.15) is 0 Å². The molecule has 0 aromatic carbocycles. The Balaban J connectivity index is 3.37. The van der Waals surface area contributed by atoms with Crippen molar-refractivity contribution in [1.82, 2.24) is 5.32 Å². The lowest BCUT2D eigenvalue weighted by Gasteiger charge is -2.22. The van der Waals surface area contributed by atoms with E-state index in [0.29, 0.717) is 25.9 Å². The van der Waals surface area contributed by atoms with Crippen LogP contribution in [0.3, 0.4) is 0 Å². The van der Waals surface area contributed by atoms with Gasteiger partial charge in [0.25, 0.3) is 0 Å². The highest BCUT2D eigenvalue weighted by Crippen LogP contribution is 2.17. The molecule has 2 atom stereocenters. The molecule has 0 radical (unpaired) electrons. The van der Waals surface area contributed by atoms with Gasteiger partial charge in [0.2, 0.25) is 5.91 Å². The zero-order valence-electron chi connectivity index (χ0n) is 44.2. The van der Waals surface area contributed by atoms with Crippen molar-refractivity contribution in [3.63, 3.8) is 0 Å². The summed E-state index contributed by atoms with van der Waals surface area (Å²) in [6.45, 7) is 4.89. The molecule has 0 bridgehead atoms. The van der Waals surface area contributed by atoms with Crippen LogP contribution in [0.4, 0.5) is 0 Å². The van der Waals surface area contributed by atoms with Gasteiger partial charge in [0, 0.05) is 12.8 Å². The van der Waals surface area contributed by atoms with E-state index in [1.807, 2.05) is 0 Å². The number of nitrogens with one attached hydrogen (secondary N) is 1. The first kappa shape index (κ1) is 64.1. The van der Waals surface area contributed by atoms with E-state index < -0.39 is 12.1 Å². The molecule has 0 rings (SSSR count). The molecule has 1 amide bonds. The van der Waals surface area contributed by atoms with Crippen molar-refractivity contribution in [2.45, 2.75) is 321 Å². The van der Waals surface area contributed by atoms with Gasteiger partial charge in [-0.15, -0.1) is 0 Å². The predicted octanol–water partition coefficient (Wildman–Crippen LogP) is 18.0. The minimum absolute atomic E-state index is 0.000718. The summed E-state index contributed by atoms with van der Waals surface area (Å²) in [6, 6.07) is -0.541. The molecule has 0 spiro atoms. The highest BCUT2D eigenvalue weighted by atomic mass is 16.5. The highest BCUT2D eigenvalue weighted by Gasteiger charge is 2.20. The van der Waals surface area contributed by atoms with Gasteiger partial charge in [-0.2, -0.15) is 0 Å². The largest absolute Gasteiger partial charge is 0.466 e. The second kappa shape index (κ2) is 55.7. The molecule has 0 heterocycles. The van der Waals surface area contributed by atoms with Crippen LogP contribution in [0.2, 0.25) is 0 Å². The lowest BCUT2D eigenvalue weighted by Crippen LogP contribution is -2.45.